The molecule has 8 heteroatoms. The van der Waals surface area contributed by atoms with Gasteiger partial charge in [0.2, 0.25) is 0 Å². The number of rotatable bonds is 15. The second-order valence-electron chi connectivity index (χ2n) is 11.1. The lowest BCUT2D eigenvalue weighted by Crippen LogP contribution is -2.30. The molecule has 1 aliphatic carbocycles. The van der Waals surface area contributed by atoms with Crippen molar-refractivity contribution < 1.29 is 38.0 Å². The molecule has 1 unspecified atom stereocenters. The zero-order valence-corrected chi connectivity index (χ0v) is 25.2. The standard InChI is InChI=1S/C35H42O8/c1-25(2)33(24-38-3)41-30-17-19-32(20-18-30)43-35(37)28-11-9-27(10-12-28)34(36)42-31-15-13-29(14-16-31)40-22-21-39-23-26-7-5-4-6-8-26/h4-8,13-20,25,27-28,33H,9-12,21-24H2,1-3H3. The Balaban J connectivity index is 1.14. The number of esters is 2. The summed E-state index contributed by atoms with van der Waals surface area (Å²) in [6.45, 7) is 6.09. The Bertz CT molecular complexity index is 1250. The van der Waals surface area contributed by atoms with Gasteiger partial charge in [-0.05, 0) is 85.7 Å². The summed E-state index contributed by atoms with van der Waals surface area (Å²) in [5.74, 6) is 1.55. The fraction of sp³-hybridized carbons (Fsp3) is 0.429. The van der Waals surface area contributed by atoms with Crippen LogP contribution >= 0.6 is 0 Å². The van der Waals surface area contributed by atoms with Crippen molar-refractivity contribution in [2.45, 2.75) is 52.2 Å². The van der Waals surface area contributed by atoms with Gasteiger partial charge in [-0.3, -0.25) is 9.59 Å². The van der Waals surface area contributed by atoms with E-state index < -0.39 is 0 Å². The molecule has 0 heterocycles. The number of carbonyl (C=O) groups excluding carboxylic acids is 2. The van der Waals surface area contributed by atoms with Crippen LogP contribution in [-0.4, -0.2) is 45.0 Å². The third-order valence-electron chi connectivity index (χ3n) is 7.45. The van der Waals surface area contributed by atoms with E-state index in [1.54, 1.807) is 55.6 Å². The Morgan fingerprint density at radius 1 is 0.698 bits per heavy atom. The number of ether oxygens (including phenoxy) is 6. The number of hydrogen-bond acceptors (Lipinski definition) is 8. The zero-order valence-electron chi connectivity index (χ0n) is 25.2. The molecule has 1 atom stereocenters. The topological polar surface area (TPSA) is 89.5 Å². The van der Waals surface area contributed by atoms with E-state index in [0.717, 1.165) is 5.56 Å². The molecule has 1 fully saturated rings. The summed E-state index contributed by atoms with van der Waals surface area (Å²) in [4.78, 5) is 25.5. The van der Waals surface area contributed by atoms with Crippen LogP contribution in [0.25, 0.3) is 0 Å². The predicted octanol–water partition coefficient (Wildman–Crippen LogP) is 6.65. The van der Waals surface area contributed by atoms with E-state index in [4.69, 9.17) is 28.4 Å². The van der Waals surface area contributed by atoms with Crippen LogP contribution in [0.2, 0.25) is 0 Å². The molecule has 0 N–H and O–H groups in total. The first-order valence-corrected chi connectivity index (χ1v) is 14.9. The number of methoxy groups -OCH3 is 1. The van der Waals surface area contributed by atoms with E-state index in [1.807, 2.05) is 30.3 Å². The summed E-state index contributed by atoms with van der Waals surface area (Å²) in [5, 5.41) is 0. The van der Waals surface area contributed by atoms with Gasteiger partial charge in [0.1, 0.15) is 35.7 Å². The average Bonchev–Trinajstić information content (AvgIpc) is 3.03. The van der Waals surface area contributed by atoms with Gasteiger partial charge in [-0.2, -0.15) is 0 Å². The van der Waals surface area contributed by atoms with Gasteiger partial charge in [0.15, 0.2) is 0 Å². The first-order valence-electron chi connectivity index (χ1n) is 14.9. The van der Waals surface area contributed by atoms with Crippen LogP contribution in [0.1, 0.15) is 45.1 Å². The molecule has 0 saturated heterocycles. The Morgan fingerprint density at radius 2 is 1.21 bits per heavy atom. The molecule has 0 bridgehead atoms. The van der Waals surface area contributed by atoms with Gasteiger partial charge in [-0.15, -0.1) is 0 Å². The van der Waals surface area contributed by atoms with Gasteiger partial charge >= 0.3 is 11.9 Å². The van der Waals surface area contributed by atoms with Crippen molar-refractivity contribution in [1.82, 2.24) is 0 Å². The smallest absolute Gasteiger partial charge is 0.314 e. The third kappa shape index (κ3) is 10.4. The molecular weight excluding hydrogens is 548 g/mol. The summed E-state index contributed by atoms with van der Waals surface area (Å²) < 4.78 is 33.8. The minimum atomic E-state index is -0.279. The maximum Gasteiger partial charge on any atom is 0.314 e. The third-order valence-corrected chi connectivity index (χ3v) is 7.45. The zero-order chi connectivity index (χ0) is 30.4. The molecule has 0 amide bonds. The van der Waals surface area contributed by atoms with E-state index in [-0.39, 0.29) is 29.9 Å². The molecule has 3 aromatic carbocycles. The molecule has 0 radical (unpaired) electrons. The lowest BCUT2D eigenvalue weighted by Gasteiger charge is -2.26. The SMILES string of the molecule is COCC(Oc1ccc(OC(=O)C2CCC(C(=O)Oc3ccc(OCCOCc4ccccc4)cc3)CC2)cc1)C(C)C. The van der Waals surface area contributed by atoms with Crippen LogP contribution in [0.15, 0.2) is 78.9 Å². The molecule has 0 spiro atoms. The molecule has 3 aromatic rings. The lowest BCUT2D eigenvalue weighted by molar-refractivity contribution is -0.145. The second-order valence-corrected chi connectivity index (χ2v) is 11.1. The molecule has 4 rings (SSSR count). The quantitative estimate of drug-likeness (QED) is 0.110. The number of benzene rings is 3. The van der Waals surface area contributed by atoms with Crippen molar-refractivity contribution in [2.24, 2.45) is 17.8 Å². The van der Waals surface area contributed by atoms with Gasteiger partial charge in [0.25, 0.3) is 0 Å². The fourth-order valence-electron chi connectivity index (χ4n) is 4.84. The highest BCUT2D eigenvalue weighted by Crippen LogP contribution is 2.32. The van der Waals surface area contributed by atoms with Gasteiger partial charge in [-0.25, -0.2) is 0 Å². The second kappa shape index (κ2) is 16.7. The largest absolute Gasteiger partial charge is 0.491 e. The lowest BCUT2D eigenvalue weighted by atomic mass is 9.82. The number of carbonyl (C=O) groups is 2. The number of hydrogen-bond donors (Lipinski definition) is 0. The molecule has 1 saturated carbocycles. The Labute approximate surface area is 254 Å². The van der Waals surface area contributed by atoms with E-state index in [2.05, 4.69) is 13.8 Å². The van der Waals surface area contributed by atoms with Crippen molar-refractivity contribution in [3.8, 4) is 23.0 Å². The van der Waals surface area contributed by atoms with Crippen molar-refractivity contribution in [1.29, 1.82) is 0 Å². The van der Waals surface area contributed by atoms with Gasteiger partial charge in [0.05, 0.1) is 31.7 Å². The van der Waals surface area contributed by atoms with Crippen LogP contribution in [0.4, 0.5) is 0 Å². The van der Waals surface area contributed by atoms with E-state index in [1.165, 1.54) is 0 Å². The molecule has 43 heavy (non-hydrogen) atoms. The van der Waals surface area contributed by atoms with Gasteiger partial charge in [-0.1, -0.05) is 44.2 Å². The predicted molar refractivity (Wildman–Crippen MR) is 162 cm³/mol. The fourth-order valence-corrected chi connectivity index (χ4v) is 4.84. The average molecular weight is 591 g/mol. The summed E-state index contributed by atoms with van der Waals surface area (Å²) in [6.07, 6.45) is 2.24. The maximum absolute atomic E-state index is 12.8. The molecule has 0 aliphatic heterocycles. The van der Waals surface area contributed by atoms with Crippen LogP contribution in [0.3, 0.4) is 0 Å². The highest BCUT2D eigenvalue weighted by molar-refractivity contribution is 5.77. The summed E-state index contributed by atoms with van der Waals surface area (Å²) in [6, 6.07) is 24.0. The van der Waals surface area contributed by atoms with Crippen LogP contribution < -0.4 is 18.9 Å². The maximum atomic E-state index is 12.8. The summed E-state index contributed by atoms with van der Waals surface area (Å²) in [5.41, 5.74) is 1.12. The van der Waals surface area contributed by atoms with Crippen LogP contribution in [0, 0.1) is 17.8 Å². The molecule has 230 valence electrons. The van der Waals surface area contributed by atoms with Crippen molar-refractivity contribution in [2.75, 3.05) is 26.9 Å². The van der Waals surface area contributed by atoms with Crippen molar-refractivity contribution in [3.05, 3.63) is 84.4 Å². The Kier molecular flexibility index (Phi) is 12.4. The highest BCUT2D eigenvalue weighted by Gasteiger charge is 2.32. The monoisotopic (exact) mass is 590 g/mol. The van der Waals surface area contributed by atoms with Crippen LogP contribution in [-0.2, 0) is 25.7 Å². The minimum Gasteiger partial charge on any atom is -0.491 e. The van der Waals surface area contributed by atoms with Gasteiger partial charge in [0, 0.05) is 7.11 Å². The van der Waals surface area contributed by atoms with Crippen molar-refractivity contribution in [3.63, 3.8) is 0 Å². The Hall–Kier alpha value is -3.88. The van der Waals surface area contributed by atoms with E-state index in [0.29, 0.717) is 81.0 Å². The highest BCUT2D eigenvalue weighted by atomic mass is 16.5. The van der Waals surface area contributed by atoms with Gasteiger partial charge < -0.3 is 28.4 Å². The molecular formula is C35H42O8. The minimum absolute atomic E-state index is 0.0604. The van der Waals surface area contributed by atoms with E-state index in [9.17, 15) is 9.59 Å². The molecule has 1 aliphatic rings. The summed E-state index contributed by atoms with van der Waals surface area (Å²) in [7, 11) is 1.65. The van der Waals surface area contributed by atoms with E-state index >= 15 is 0 Å². The first kappa shape index (κ1) is 32.0. The normalized spacial score (nSPS) is 17.2. The Morgan fingerprint density at radius 3 is 1.72 bits per heavy atom. The molecule has 0 aromatic heterocycles. The first-order chi connectivity index (χ1) is 20.9. The van der Waals surface area contributed by atoms with Crippen LogP contribution in [0.5, 0.6) is 23.0 Å². The summed E-state index contributed by atoms with van der Waals surface area (Å²) >= 11 is 0. The van der Waals surface area contributed by atoms with Crippen molar-refractivity contribution >= 4 is 11.9 Å². The molecule has 8 nitrogen and oxygen atoms in total.